The standard InChI is InChI=1S/C23H22BrClN4O3S/c1-4-33-23-27-22-26-13(2)19(21(30)31-3)20(29(22)28-23)16-11-15(24)9-10-18(16)32-12-14-7-5-6-8-17(14)25/h5-11,20H,4,12H2,1-3H3,(H,26,27,28). The lowest BCUT2D eigenvalue weighted by atomic mass is 9.95. The number of nitrogens with one attached hydrogen (secondary N) is 1. The van der Waals surface area contributed by atoms with Crippen LogP contribution in [-0.4, -0.2) is 33.6 Å². The SMILES string of the molecule is CCSc1nc2n(n1)C(c1cc(Br)ccc1OCc1ccccc1Cl)C(C(=O)OC)=C(C)N2. The molecule has 0 spiro atoms. The molecule has 1 atom stereocenters. The number of thioether (sulfide) groups is 1. The number of carbonyl (C=O) groups is 1. The predicted octanol–water partition coefficient (Wildman–Crippen LogP) is 5.85. The summed E-state index contributed by atoms with van der Waals surface area (Å²) in [5, 5.41) is 9.11. The van der Waals surface area contributed by atoms with Crippen molar-refractivity contribution in [3.8, 4) is 5.75 Å². The van der Waals surface area contributed by atoms with Crippen LogP contribution in [0, 0.1) is 0 Å². The minimum absolute atomic E-state index is 0.274. The quantitative estimate of drug-likeness (QED) is 0.293. The molecule has 0 radical (unpaired) electrons. The molecule has 7 nitrogen and oxygen atoms in total. The smallest absolute Gasteiger partial charge is 0.338 e. The zero-order chi connectivity index (χ0) is 23.5. The molecule has 1 aliphatic rings. The van der Waals surface area contributed by atoms with Crippen molar-refractivity contribution in [2.24, 2.45) is 0 Å². The van der Waals surface area contributed by atoms with E-state index in [2.05, 4.69) is 31.3 Å². The molecule has 10 heteroatoms. The number of allylic oxidation sites excluding steroid dienone is 1. The summed E-state index contributed by atoms with van der Waals surface area (Å²) in [7, 11) is 1.37. The number of halogens is 2. The number of esters is 1. The summed E-state index contributed by atoms with van der Waals surface area (Å²) in [6.45, 7) is 4.14. The molecule has 4 rings (SSSR count). The van der Waals surface area contributed by atoms with E-state index in [-0.39, 0.29) is 6.61 Å². The van der Waals surface area contributed by atoms with Gasteiger partial charge < -0.3 is 14.8 Å². The van der Waals surface area contributed by atoms with Gasteiger partial charge >= 0.3 is 5.97 Å². The Labute approximate surface area is 209 Å². The van der Waals surface area contributed by atoms with E-state index in [9.17, 15) is 4.79 Å². The molecule has 1 aliphatic heterocycles. The van der Waals surface area contributed by atoms with Crippen LogP contribution in [-0.2, 0) is 16.1 Å². The van der Waals surface area contributed by atoms with Gasteiger partial charge in [0.2, 0.25) is 11.1 Å². The number of aromatic nitrogens is 3. The number of carbonyl (C=O) groups excluding carboxylic acids is 1. The first-order chi connectivity index (χ1) is 15.9. The maximum absolute atomic E-state index is 12.9. The first kappa shape index (κ1) is 23.7. The number of fused-ring (bicyclic) bond motifs is 1. The second-order valence-corrected chi connectivity index (χ2v) is 9.77. The zero-order valence-electron chi connectivity index (χ0n) is 18.3. The van der Waals surface area contributed by atoms with Gasteiger partial charge in [-0.2, -0.15) is 4.98 Å². The monoisotopic (exact) mass is 548 g/mol. The average molecular weight is 550 g/mol. The van der Waals surface area contributed by atoms with Gasteiger partial charge in [0.1, 0.15) is 18.4 Å². The molecule has 3 aromatic rings. The van der Waals surface area contributed by atoms with E-state index in [1.54, 1.807) is 4.68 Å². The molecule has 1 unspecified atom stereocenters. The number of ether oxygens (including phenoxy) is 2. The van der Waals surface area contributed by atoms with Gasteiger partial charge in [0.15, 0.2) is 0 Å². The van der Waals surface area contributed by atoms with Gasteiger partial charge in [0.05, 0.1) is 12.7 Å². The highest BCUT2D eigenvalue weighted by Gasteiger charge is 2.36. The van der Waals surface area contributed by atoms with Crippen molar-refractivity contribution in [2.75, 3.05) is 18.2 Å². The Kier molecular flexibility index (Phi) is 7.31. The minimum atomic E-state index is -0.592. The molecule has 0 saturated carbocycles. The molecule has 172 valence electrons. The Morgan fingerprint density at radius 1 is 1.30 bits per heavy atom. The van der Waals surface area contributed by atoms with Crippen molar-refractivity contribution in [3.63, 3.8) is 0 Å². The normalized spacial score (nSPS) is 15.1. The molecule has 0 bridgehead atoms. The van der Waals surface area contributed by atoms with Crippen molar-refractivity contribution >= 4 is 51.2 Å². The maximum atomic E-state index is 12.9. The van der Waals surface area contributed by atoms with Gasteiger partial charge in [0, 0.05) is 26.3 Å². The van der Waals surface area contributed by atoms with Crippen LogP contribution >= 0.6 is 39.3 Å². The van der Waals surface area contributed by atoms with E-state index in [0.29, 0.717) is 33.1 Å². The van der Waals surface area contributed by atoms with Gasteiger partial charge in [-0.1, -0.05) is 64.4 Å². The van der Waals surface area contributed by atoms with Gasteiger partial charge in [0.25, 0.3) is 0 Å². The van der Waals surface area contributed by atoms with E-state index in [1.807, 2.05) is 56.3 Å². The summed E-state index contributed by atoms with van der Waals surface area (Å²) < 4.78 is 13.9. The highest BCUT2D eigenvalue weighted by molar-refractivity contribution is 9.10. The summed E-state index contributed by atoms with van der Waals surface area (Å²) in [6, 6.07) is 12.6. The van der Waals surface area contributed by atoms with E-state index in [1.165, 1.54) is 18.9 Å². The number of anilines is 1. The fraction of sp³-hybridized carbons (Fsp3) is 0.261. The zero-order valence-corrected chi connectivity index (χ0v) is 21.4. The van der Waals surface area contributed by atoms with Gasteiger partial charge in [-0.15, -0.1) is 5.10 Å². The number of rotatable bonds is 7. The summed E-state index contributed by atoms with van der Waals surface area (Å²) in [4.78, 5) is 17.5. The lowest BCUT2D eigenvalue weighted by molar-refractivity contribution is -0.136. The lowest BCUT2D eigenvalue weighted by Crippen LogP contribution is -2.29. The Bertz CT molecular complexity index is 1230. The molecule has 2 heterocycles. The summed E-state index contributed by atoms with van der Waals surface area (Å²) >= 11 is 11.4. The fourth-order valence-corrected chi connectivity index (χ4v) is 4.74. The number of methoxy groups -OCH3 is 1. The number of hydrogen-bond acceptors (Lipinski definition) is 7. The number of hydrogen-bond donors (Lipinski definition) is 1. The second kappa shape index (κ2) is 10.2. The lowest BCUT2D eigenvalue weighted by Gasteiger charge is -2.29. The van der Waals surface area contributed by atoms with E-state index < -0.39 is 12.0 Å². The van der Waals surface area contributed by atoms with E-state index >= 15 is 0 Å². The van der Waals surface area contributed by atoms with Crippen molar-refractivity contribution in [3.05, 3.63) is 74.4 Å². The molecule has 0 amide bonds. The average Bonchev–Trinajstić information content (AvgIpc) is 3.20. The highest BCUT2D eigenvalue weighted by atomic mass is 79.9. The van der Waals surface area contributed by atoms with E-state index in [4.69, 9.17) is 21.1 Å². The Balaban J connectivity index is 1.82. The molecule has 2 aromatic carbocycles. The van der Waals surface area contributed by atoms with Crippen molar-refractivity contribution in [1.29, 1.82) is 0 Å². The summed E-state index contributed by atoms with van der Waals surface area (Å²) in [5.41, 5.74) is 2.69. The minimum Gasteiger partial charge on any atom is -0.488 e. The van der Waals surface area contributed by atoms with Crippen LogP contribution in [0.1, 0.15) is 31.0 Å². The molecule has 33 heavy (non-hydrogen) atoms. The first-order valence-corrected chi connectivity index (χ1v) is 12.4. The van der Waals surface area contributed by atoms with Crippen molar-refractivity contribution in [1.82, 2.24) is 14.8 Å². The van der Waals surface area contributed by atoms with E-state index in [0.717, 1.165) is 21.4 Å². The number of benzene rings is 2. The molecular weight excluding hydrogens is 528 g/mol. The third kappa shape index (κ3) is 4.90. The molecule has 1 N–H and O–H groups in total. The molecular formula is C23H22BrClN4O3S. The highest BCUT2D eigenvalue weighted by Crippen LogP contribution is 2.41. The molecule has 1 aromatic heterocycles. The van der Waals surface area contributed by atoms with Gasteiger partial charge in [-0.3, -0.25) is 0 Å². The second-order valence-electron chi connectivity index (χ2n) is 7.22. The van der Waals surface area contributed by atoms with Crippen LogP contribution in [0.15, 0.2) is 63.4 Å². The van der Waals surface area contributed by atoms with Crippen molar-refractivity contribution in [2.45, 2.75) is 31.7 Å². The Morgan fingerprint density at radius 3 is 2.82 bits per heavy atom. The third-order valence-electron chi connectivity index (χ3n) is 5.12. The van der Waals surface area contributed by atoms with Gasteiger partial charge in [-0.05, 0) is 36.9 Å². The number of nitrogens with zero attached hydrogens (tertiary/aromatic N) is 3. The van der Waals surface area contributed by atoms with Crippen molar-refractivity contribution < 1.29 is 14.3 Å². The van der Waals surface area contributed by atoms with Gasteiger partial charge in [-0.25, -0.2) is 9.48 Å². The molecule has 0 fully saturated rings. The Morgan fingerprint density at radius 2 is 2.09 bits per heavy atom. The van der Waals surface area contributed by atoms with Crippen LogP contribution in [0.3, 0.4) is 0 Å². The topological polar surface area (TPSA) is 78.3 Å². The maximum Gasteiger partial charge on any atom is 0.338 e. The third-order valence-corrected chi connectivity index (χ3v) is 6.70. The summed E-state index contributed by atoms with van der Waals surface area (Å²) in [6.07, 6.45) is 0. The van der Waals surface area contributed by atoms with Crippen LogP contribution in [0.25, 0.3) is 0 Å². The largest absolute Gasteiger partial charge is 0.488 e. The molecule has 0 aliphatic carbocycles. The Hall–Kier alpha value is -2.49. The molecule has 0 saturated heterocycles. The van der Waals surface area contributed by atoms with Crippen LogP contribution in [0.4, 0.5) is 5.95 Å². The van der Waals surface area contributed by atoms with Crippen LogP contribution in [0.5, 0.6) is 5.75 Å². The summed E-state index contributed by atoms with van der Waals surface area (Å²) in [5.74, 6) is 1.53. The predicted molar refractivity (Wildman–Crippen MR) is 133 cm³/mol. The van der Waals surface area contributed by atoms with Crippen LogP contribution in [0.2, 0.25) is 5.02 Å². The van der Waals surface area contributed by atoms with Crippen LogP contribution < -0.4 is 10.1 Å². The fourth-order valence-electron chi connectivity index (χ4n) is 3.62. The first-order valence-electron chi connectivity index (χ1n) is 10.2.